The van der Waals surface area contributed by atoms with Gasteiger partial charge in [-0.15, -0.1) is 0 Å². The lowest BCUT2D eigenvalue weighted by Gasteiger charge is -2.23. The lowest BCUT2D eigenvalue weighted by atomic mass is 10.1. The van der Waals surface area contributed by atoms with Gasteiger partial charge in [0.15, 0.2) is 0 Å². The van der Waals surface area contributed by atoms with Crippen molar-refractivity contribution < 1.29 is 4.74 Å². The van der Waals surface area contributed by atoms with Crippen LogP contribution in [0.15, 0.2) is 18.3 Å². The van der Waals surface area contributed by atoms with E-state index >= 15 is 0 Å². The van der Waals surface area contributed by atoms with Crippen molar-refractivity contribution >= 4 is 0 Å². The molecule has 0 fully saturated rings. The molecule has 1 heterocycles. The Balaban J connectivity index is 2.49. The average Bonchev–Trinajstić information content (AvgIpc) is 2.30. The van der Waals surface area contributed by atoms with Crippen molar-refractivity contribution in [1.29, 1.82) is 0 Å². The normalized spacial score (nSPS) is 13.1. The van der Waals surface area contributed by atoms with Crippen LogP contribution in [-0.2, 0) is 0 Å². The lowest BCUT2D eigenvalue weighted by molar-refractivity contribution is 0.147. The minimum absolute atomic E-state index is 0.188. The molecular weight excluding hydrogens is 224 g/mol. The molecule has 3 nitrogen and oxygen atoms in total. The summed E-state index contributed by atoms with van der Waals surface area (Å²) in [6.45, 7) is 12.7. The van der Waals surface area contributed by atoms with Crippen LogP contribution in [0.5, 0.6) is 5.75 Å². The van der Waals surface area contributed by atoms with Crippen LogP contribution in [0.2, 0.25) is 0 Å². The van der Waals surface area contributed by atoms with Gasteiger partial charge in [0.05, 0.1) is 6.20 Å². The van der Waals surface area contributed by atoms with E-state index in [1.807, 2.05) is 19.1 Å². The summed E-state index contributed by atoms with van der Waals surface area (Å²) in [5.74, 6) is 2.00. The van der Waals surface area contributed by atoms with E-state index in [1.54, 1.807) is 6.20 Å². The van der Waals surface area contributed by atoms with Crippen LogP contribution in [0.4, 0.5) is 0 Å². The monoisotopic (exact) mass is 250 g/mol. The Bertz CT molecular complexity index is 333. The highest BCUT2D eigenvalue weighted by atomic mass is 16.5. The van der Waals surface area contributed by atoms with Crippen LogP contribution in [-0.4, -0.2) is 24.2 Å². The summed E-state index contributed by atoms with van der Waals surface area (Å²) < 4.78 is 5.99. The van der Waals surface area contributed by atoms with Gasteiger partial charge in [0, 0.05) is 12.2 Å². The first-order chi connectivity index (χ1) is 8.49. The second-order valence-electron chi connectivity index (χ2n) is 5.59. The van der Waals surface area contributed by atoms with Gasteiger partial charge in [0.1, 0.15) is 11.9 Å². The molecule has 1 atom stereocenters. The quantitative estimate of drug-likeness (QED) is 0.807. The smallest absolute Gasteiger partial charge is 0.138 e. The average molecular weight is 250 g/mol. The fourth-order valence-corrected chi connectivity index (χ4v) is 1.63. The minimum Gasteiger partial charge on any atom is -0.487 e. The zero-order valence-corrected chi connectivity index (χ0v) is 12.2. The molecule has 0 aliphatic rings. The zero-order chi connectivity index (χ0) is 13.5. The van der Waals surface area contributed by atoms with Gasteiger partial charge in [0.25, 0.3) is 0 Å². The molecule has 1 rings (SSSR count). The van der Waals surface area contributed by atoms with Crippen molar-refractivity contribution in [1.82, 2.24) is 10.3 Å². The third kappa shape index (κ3) is 5.50. The molecule has 0 saturated heterocycles. The summed E-state index contributed by atoms with van der Waals surface area (Å²) in [7, 11) is 0. The molecule has 0 aromatic carbocycles. The first-order valence-corrected chi connectivity index (χ1v) is 6.79. The number of aromatic nitrogens is 1. The molecule has 0 bridgehead atoms. The fourth-order valence-electron chi connectivity index (χ4n) is 1.63. The summed E-state index contributed by atoms with van der Waals surface area (Å²) in [5.41, 5.74) is 1.02. The number of aryl methyl sites for hydroxylation is 1. The van der Waals surface area contributed by atoms with Crippen molar-refractivity contribution in [2.24, 2.45) is 11.8 Å². The number of hydrogen-bond acceptors (Lipinski definition) is 3. The summed E-state index contributed by atoms with van der Waals surface area (Å²) in [4.78, 5) is 4.25. The Labute approximate surface area is 111 Å². The maximum atomic E-state index is 5.99. The van der Waals surface area contributed by atoms with Gasteiger partial charge in [-0.3, -0.25) is 4.98 Å². The van der Waals surface area contributed by atoms with Gasteiger partial charge < -0.3 is 10.1 Å². The number of hydrogen-bond donors (Lipinski definition) is 1. The number of pyridine rings is 1. The fraction of sp³-hybridized carbons (Fsp3) is 0.667. The first-order valence-electron chi connectivity index (χ1n) is 6.79. The predicted octanol–water partition coefficient (Wildman–Crippen LogP) is 3.04. The highest BCUT2D eigenvalue weighted by Crippen LogP contribution is 2.14. The molecular formula is C15H26N2O. The number of nitrogens with one attached hydrogen (secondary N) is 1. The molecule has 3 heteroatoms. The third-order valence-electron chi connectivity index (χ3n) is 2.81. The molecule has 102 valence electrons. The maximum absolute atomic E-state index is 5.99. The Morgan fingerprint density at radius 3 is 2.39 bits per heavy atom. The summed E-state index contributed by atoms with van der Waals surface area (Å²) in [6, 6.07) is 3.97. The van der Waals surface area contributed by atoms with Gasteiger partial charge in [-0.1, -0.05) is 27.7 Å². The van der Waals surface area contributed by atoms with Crippen LogP contribution < -0.4 is 10.1 Å². The molecule has 1 aromatic heterocycles. The molecule has 0 spiro atoms. The second kappa shape index (κ2) is 7.37. The SMILES string of the molecule is Cc1ccc(OC(CNCC(C)C)C(C)C)cn1. The van der Waals surface area contributed by atoms with E-state index < -0.39 is 0 Å². The topological polar surface area (TPSA) is 34.1 Å². The van der Waals surface area contributed by atoms with Crippen molar-refractivity contribution in [2.75, 3.05) is 13.1 Å². The molecule has 0 amide bonds. The van der Waals surface area contributed by atoms with Crippen LogP contribution in [0, 0.1) is 18.8 Å². The van der Waals surface area contributed by atoms with Crippen LogP contribution in [0.1, 0.15) is 33.4 Å². The zero-order valence-electron chi connectivity index (χ0n) is 12.2. The molecule has 0 aliphatic carbocycles. The van der Waals surface area contributed by atoms with Gasteiger partial charge in [0.2, 0.25) is 0 Å². The van der Waals surface area contributed by atoms with Gasteiger partial charge in [-0.05, 0) is 37.4 Å². The molecule has 1 unspecified atom stereocenters. The highest BCUT2D eigenvalue weighted by molar-refractivity contribution is 5.19. The van der Waals surface area contributed by atoms with Crippen LogP contribution in [0.25, 0.3) is 0 Å². The van der Waals surface area contributed by atoms with Crippen molar-refractivity contribution in [2.45, 2.75) is 40.7 Å². The van der Waals surface area contributed by atoms with Crippen LogP contribution >= 0.6 is 0 Å². The third-order valence-corrected chi connectivity index (χ3v) is 2.81. The van der Waals surface area contributed by atoms with E-state index in [0.29, 0.717) is 11.8 Å². The molecule has 1 N–H and O–H groups in total. The van der Waals surface area contributed by atoms with E-state index in [9.17, 15) is 0 Å². The Morgan fingerprint density at radius 1 is 1.17 bits per heavy atom. The molecule has 18 heavy (non-hydrogen) atoms. The first kappa shape index (κ1) is 15.0. The Morgan fingerprint density at radius 2 is 1.89 bits per heavy atom. The maximum Gasteiger partial charge on any atom is 0.138 e. The van der Waals surface area contributed by atoms with E-state index in [1.165, 1.54) is 0 Å². The van der Waals surface area contributed by atoms with E-state index in [4.69, 9.17) is 4.74 Å². The summed E-state index contributed by atoms with van der Waals surface area (Å²) >= 11 is 0. The Kier molecular flexibility index (Phi) is 6.13. The Hall–Kier alpha value is -1.09. The van der Waals surface area contributed by atoms with Crippen LogP contribution in [0.3, 0.4) is 0 Å². The largest absolute Gasteiger partial charge is 0.487 e. The highest BCUT2D eigenvalue weighted by Gasteiger charge is 2.15. The lowest BCUT2D eigenvalue weighted by Crippen LogP contribution is -2.36. The van der Waals surface area contributed by atoms with Gasteiger partial charge >= 0.3 is 0 Å². The molecule has 0 saturated carbocycles. The van der Waals surface area contributed by atoms with Gasteiger partial charge in [-0.2, -0.15) is 0 Å². The molecule has 0 radical (unpaired) electrons. The number of nitrogens with zero attached hydrogens (tertiary/aromatic N) is 1. The van der Waals surface area contributed by atoms with E-state index in [0.717, 1.165) is 24.5 Å². The summed E-state index contributed by atoms with van der Waals surface area (Å²) in [6.07, 6.45) is 1.99. The van der Waals surface area contributed by atoms with Crippen molar-refractivity contribution in [3.05, 3.63) is 24.0 Å². The predicted molar refractivity (Wildman–Crippen MR) is 75.9 cm³/mol. The van der Waals surface area contributed by atoms with Crippen molar-refractivity contribution in [3.8, 4) is 5.75 Å². The van der Waals surface area contributed by atoms with E-state index in [-0.39, 0.29) is 6.10 Å². The number of rotatable bonds is 7. The van der Waals surface area contributed by atoms with Crippen molar-refractivity contribution in [3.63, 3.8) is 0 Å². The van der Waals surface area contributed by atoms with Gasteiger partial charge in [-0.25, -0.2) is 0 Å². The second-order valence-corrected chi connectivity index (χ2v) is 5.59. The molecule has 1 aromatic rings. The minimum atomic E-state index is 0.188. The standard InChI is InChI=1S/C15H26N2O/c1-11(2)8-16-10-15(12(3)4)18-14-7-6-13(5)17-9-14/h6-7,9,11-12,15-16H,8,10H2,1-5H3. The number of ether oxygens (including phenoxy) is 1. The van der Waals surface area contributed by atoms with E-state index in [2.05, 4.69) is 38.0 Å². The summed E-state index contributed by atoms with van der Waals surface area (Å²) in [5, 5.41) is 3.45. The molecule has 0 aliphatic heterocycles.